The highest BCUT2D eigenvalue weighted by Crippen LogP contribution is 2.48. The van der Waals surface area contributed by atoms with Crippen LogP contribution in [-0.4, -0.2) is 39.8 Å². The van der Waals surface area contributed by atoms with Crippen molar-refractivity contribution in [3.8, 4) is 0 Å². The summed E-state index contributed by atoms with van der Waals surface area (Å²) in [4.78, 5) is 39.8. The SMILES string of the molecule is O=C1NC2(CCCCC2)c2cc(Nc3ncnc4sc5c(c34)CCC(C(=O)N3CCC3)C5)sc21. The maximum Gasteiger partial charge on any atom is 0.262 e. The molecular weight excluding hydrogens is 466 g/mol. The van der Waals surface area contributed by atoms with Gasteiger partial charge < -0.3 is 15.5 Å². The maximum absolute atomic E-state index is 12.8. The molecule has 9 heteroatoms. The molecule has 0 radical (unpaired) electrons. The number of hydrogen-bond acceptors (Lipinski definition) is 7. The number of likely N-dealkylation sites (tertiary alicyclic amines) is 1. The predicted octanol–water partition coefficient (Wildman–Crippen LogP) is 4.74. The first kappa shape index (κ1) is 20.8. The van der Waals surface area contributed by atoms with Crippen LogP contribution in [0, 0.1) is 5.92 Å². The molecule has 1 unspecified atom stereocenters. The second-order valence-electron chi connectivity index (χ2n) is 10.1. The lowest BCUT2D eigenvalue weighted by Gasteiger charge is -2.35. The number of anilines is 2. The molecular formula is C25H27N5O2S2. The van der Waals surface area contributed by atoms with Gasteiger partial charge in [0, 0.05) is 29.4 Å². The van der Waals surface area contributed by atoms with Gasteiger partial charge in [-0.1, -0.05) is 19.3 Å². The molecule has 1 atom stereocenters. The van der Waals surface area contributed by atoms with Crippen LogP contribution in [0.1, 0.15) is 70.6 Å². The van der Waals surface area contributed by atoms with Crippen molar-refractivity contribution in [2.75, 3.05) is 18.4 Å². The van der Waals surface area contributed by atoms with Gasteiger partial charge in [-0.2, -0.15) is 0 Å². The van der Waals surface area contributed by atoms with E-state index in [9.17, 15) is 9.59 Å². The maximum atomic E-state index is 12.8. The average Bonchev–Trinajstić information content (AvgIpc) is 3.46. The van der Waals surface area contributed by atoms with Crippen LogP contribution in [0.3, 0.4) is 0 Å². The van der Waals surface area contributed by atoms with Crippen molar-refractivity contribution < 1.29 is 9.59 Å². The summed E-state index contributed by atoms with van der Waals surface area (Å²) in [5.74, 6) is 1.29. The summed E-state index contributed by atoms with van der Waals surface area (Å²) < 4.78 is 0. The van der Waals surface area contributed by atoms with Crippen molar-refractivity contribution in [2.24, 2.45) is 5.92 Å². The number of nitrogens with one attached hydrogen (secondary N) is 2. The zero-order valence-electron chi connectivity index (χ0n) is 19.0. The van der Waals surface area contributed by atoms with Crippen LogP contribution in [-0.2, 0) is 23.2 Å². The monoisotopic (exact) mass is 493 g/mol. The van der Waals surface area contributed by atoms with Crippen molar-refractivity contribution in [1.82, 2.24) is 20.2 Å². The van der Waals surface area contributed by atoms with Gasteiger partial charge >= 0.3 is 0 Å². The van der Waals surface area contributed by atoms with E-state index in [1.165, 1.54) is 28.2 Å². The van der Waals surface area contributed by atoms with Crippen LogP contribution >= 0.6 is 22.7 Å². The zero-order valence-corrected chi connectivity index (χ0v) is 20.6. The van der Waals surface area contributed by atoms with Crippen molar-refractivity contribution >= 4 is 55.5 Å². The summed E-state index contributed by atoms with van der Waals surface area (Å²) in [6, 6.07) is 2.16. The molecule has 7 rings (SSSR count). The van der Waals surface area contributed by atoms with E-state index in [1.807, 2.05) is 4.90 Å². The number of nitrogens with zero attached hydrogens (tertiary/aromatic N) is 3. The highest BCUT2D eigenvalue weighted by molar-refractivity contribution is 7.19. The first-order valence-corrected chi connectivity index (χ1v) is 14.0. The minimum atomic E-state index is -0.179. The minimum Gasteiger partial charge on any atom is -0.342 e. The molecule has 7 nitrogen and oxygen atoms in total. The Hall–Kier alpha value is -2.52. The smallest absolute Gasteiger partial charge is 0.262 e. The predicted molar refractivity (Wildman–Crippen MR) is 134 cm³/mol. The summed E-state index contributed by atoms with van der Waals surface area (Å²) in [6.45, 7) is 1.83. The van der Waals surface area contributed by atoms with E-state index in [4.69, 9.17) is 0 Å². The molecule has 34 heavy (non-hydrogen) atoms. The van der Waals surface area contributed by atoms with Gasteiger partial charge in [-0.3, -0.25) is 9.59 Å². The Labute approximate surface area is 206 Å². The standard InChI is InChI=1S/C25H27N5O2S2/c31-22-20-16(25(29-22)7-2-1-3-8-25)12-18(34-20)28-21-19-15-6-5-14(24(32)30-9-4-10-30)11-17(15)33-23(19)27-13-26-21/h12-14H,1-11H2,(H,29,31)(H,26,27,28). The Balaban J connectivity index is 1.20. The largest absolute Gasteiger partial charge is 0.342 e. The van der Waals surface area contributed by atoms with Crippen molar-refractivity contribution in [1.29, 1.82) is 0 Å². The number of amides is 2. The van der Waals surface area contributed by atoms with Crippen molar-refractivity contribution in [3.05, 3.63) is 33.3 Å². The molecule has 5 heterocycles. The van der Waals surface area contributed by atoms with Gasteiger partial charge in [-0.15, -0.1) is 22.7 Å². The number of thiophene rings is 2. The second kappa shape index (κ2) is 7.75. The Kier molecular flexibility index (Phi) is 4.74. The molecule has 1 saturated carbocycles. The Morgan fingerprint density at radius 3 is 2.79 bits per heavy atom. The highest BCUT2D eigenvalue weighted by atomic mass is 32.1. The summed E-state index contributed by atoms with van der Waals surface area (Å²) >= 11 is 3.23. The summed E-state index contributed by atoms with van der Waals surface area (Å²) in [5.41, 5.74) is 2.28. The number of aromatic nitrogens is 2. The van der Waals surface area contributed by atoms with Gasteiger partial charge in [0.2, 0.25) is 5.91 Å². The van der Waals surface area contributed by atoms with Gasteiger partial charge in [0.15, 0.2) is 0 Å². The molecule has 3 aromatic rings. The molecule has 2 amide bonds. The second-order valence-corrected chi connectivity index (χ2v) is 12.2. The van der Waals surface area contributed by atoms with Crippen LogP contribution in [0.4, 0.5) is 10.8 Å². The number of carbonyl (C=O) groups is 2. The Morgan fingerprint density at radius 2 is 2.00 bits per heavy atom. The van der Waals surface area contributed by atoms with E-state index in [2.05, 4.69) is 26.7 Å². The van der Waals surface area contributed by atoms with Crippen molar-refractivity contribution in [2.45, 2.75) is 63.3 Å². The average molecular weight is 494 g/mol. The van der Waals surface area contributed by atoms with Crippen LogP contribution in [0.2, 0.25) is 0 Å². The molecule has 1 spiro atoms. The fraction of sp³-hybridized carbons (Fsp3) is 0.520. The third-order valence-corrected chi connectivity index (χ3v) is 10.3. The molecule has 3 aromatic heterocycles. The first-order chi connectivity index (χ1) is 16.6. The van der Waals surface area contributed by atoms with E-state index in [1.54, 1.807) is 17.7 Å². The molecule has 2 aliphatic carbocycles. The number of hydrogen-bond donors (Lipinski definition) is 2. The number of carbonyl (C=O) groups excluding carboxylic acids is 2. The van der Waals surface area contributed by atoms with Gasteiger partial charge in [-0.05, 0) is 50.2 Å². The summed E-state index contributed by atoms with van der Waals surface area (Å²) in [6.07, 6.45) is 10.9. The van der Waals surface area contributed by atoms with Crippen LogP contribution in [0.15, 0.2) is 12.4 Å². The molecule has 2 fully saturated rings. The van der Waals surface area contributed by atoms with E-state index in [0.29, 0.717) is 5.91 Å². The molecule has 0 aromatic carbocycles. The van der Waals surface area contributed by atoms with E-state index in [0.717, 1.165) is 95.9 Å². The molecule has 4 aliphatic rings. The fourth-order valence-corrected chi connectivity index (χ4v) is 8.51. The van der Waals surface area contributed by atoms with E-state index in [-0.39, 0.29) is 17.4 Å². The van der Waals surface area contributed by atoms with E-state index >= 15 is 0 Å². The number of aryl methyl sites for hydroxylation is 1. The fourth-order valence-electron chi connectivity index (χ4n) is 6.20. The molecule has 0 bridgehead atoms. The van der Waals surface area contributed by atoms with Gasteiger partial charge in [0.1, 0.15) is 17.0 Å². The third-order valence-electron chi connectivity index (χ3n) is 8.12. The molecule has 1 saturated heterocycles. The van der Waals surface area contributed by atoms with Crippen LogP contribution in [0.25, 0.3) is 10.2 Å². The Morgan fingerprint density at radius 1 is 1.15 bits per heavy atom. The summed E-state index contributed by atoms with van der Waals surface area (Å²) in [5, 5.41) is 8.89. The summed E-state index contributed by atoms with van der Waals surface area (Å²) in [7, 11) is 0. The number of rotatable bonds is 3. The van der Waals surface area contributed by atoms with Gasteiger partial charge in [0.05, 0.1) is 20.8 Å². The normalized spacial score (nSPS) is 22.9. The van der Waals surface area contributed by atoms with E-state index < -0.39 is 0 Å². The van der Waals surface area contributed by atoms with Crippen molar-refractivity contribution in [3.63, 3.8) is 0 Å². The zero-order chi connectivity index (χ0) is 22.9. The molecule has 176 valence electrons. The quantitative estimate of drug-likeness (QED) is 0.551. The molecule has 2 aliphatic heterocycles. The van der Waals surface area contributed by atoms with Gasteiger partial charge in [-0.25, -0.2) is 9.97 Å². The lowest BCUT2D eigenvalue weighted by Crippen LogP contribution is -2.46. The highest BCUT2D eigenvalue weighted by Gasteiger charge is 2.45. The van der Waals surface area contributed by atoms with Gasteiger partial charge in [0.25, 0.3) is 5.91 Å². The van der Waals surface area contributed by atoms with Crippen LogP contribution < -0.4 is 10.6 Å². The lowest BCUT2D eigenvalue weighted by atomic mass is 9.78. The topological polar surface area (TPSA) is 87.2 Å². The van der Waals surface area contributed by atoms with Crippen LogP contribution in [0.5, 0.6) is 0 Å². The number of fused-ring (bicyclic) bond motifs is 5. The first-order valence-electron chi connectivity index (χ1n) is 12.4. The lowest BCUT2D eigenvalue weighted by molar-refractivity contribution is -0.139. The Bertz CT molecular complexity index is 1320. The molecule has 2 N–H and O–H groups in total. The minimum absolute atomic E-state index is 0.0635. The third kappa shape index (κ3) is 3.12.